The van der Waals surface area contributed by atoms with Crippen molar-refractivity contribution in [1.29, 1.82) is 0 Å². The molecule has 0 saturated carbocycles. The summed E-state index contributed by atoms with van der Waals surface area (Å²) in [6.07, 6.45) is -0.209. The Balaban J connectivity index is 2.82. The Morgan fingerprint density at radius 3 is 2.00 bits per heavy atom. The van der Waals surface area contributed by atoms with Gasteiger partial charge in [-0.2, -0.15) is 12.6 Å². The summed E-state index contributed by atoms with van der Waals surface area (Å²) in [4.78, 5) is 70.0. The molecular weight excluding hydrogens is 436 g/mol. The first kappa shape index (κ1) is 26.2. The lowest BCUT2D eigenvalue weighted by atomic mass is 10.1. The van der Waals surface area contributed by atoms with Crippen LogP contribution in [0.5, 0.6) is 0 Å². The van der Waals surface area contributed by atoms with Crippen LogP contribution >= 0.6 is 12.6 Å². The van der Waals surface area contributed by atoms with Crippen molar-refractivity contribution in [2.24, 2.45) is 0 Å². The van der Waals surface area contributed by atoms with Gasteiger partial charge in [0.1, 0.15) is 18.1 Å². The molecule has 0 aliphatic carbocycles. The molecule has 1 aliphatic rings. The molecule has 0 spiro atoms. The van der Waals surface area contributed by atoms with Crippen molar-refractivity contribution >= 4 is 48.3 Å². The number of carboxylic acid groups (broad SMARTS) is 3. The number of rotatable bonds is 13. The van der Waals surface area contributed by atoms with Gasteiger partial charge in [-0.1, -0.05) is 0 Å². The minimum atomic E-state index is -1.72. The Morgan fingerprint density at radius 2 is 1.52 bits per heavy atom. The first-order chi connectivity index (χ1) is 14.5. The van der Waals surface area contributed by atoms with E-state index in [-0.39, 0.29) is 12.2 Å². The molecular formula is C17H26N4O9S. The van der Waals surface area contributed by atoms with Crippen molar-refractivity contribution in [3.8, 4) is 0 Å². The predicted octanol–water partition coefficient (Wildman–Crippen LogP) is -2.45. The zero-order chi connectivity index (χ0) is 23.6. The number of aliphatic carboxylic acids is 3. The topological polar surface area (TPSA) is 211 Å². The third-order valence-corrected chi connectivity index (χ3v) is 4.83. The number of thiol groups is 1. The highest BCUT2D eigenvalue weighted by molar-refractivity contribution is 7.80. The summed E-state index contributed by atoms with van der Waals surface area (Å²) in [6.45, 7) is 0.632. The SMILES string of the molecule is O=C(O)CCC(NC(=O)C1CCCN1)C(=O)NC(CS)C(=O)NC(CC(=O)O)C(=O)O. The van der Waals surface area contributed by atoms with Gasteiger partial charge in [0.25, 0.3) is 0 Å². The largest absolute Gasteiger partial charge is 0.481 e. The average Bonchev–Trinajstić information content (AvgIpc) is 3.22. The van der Waals surface area contributed by atoms with Gasteiger partial charge in [0.15, 0.2) is 0 Å². The lowest BCUT2D eigenvalue weighted by molar-refractivity contribution is -0.147. The highest BCUT2D eigenvalue weighted by Gasteiger charge is 2.31. The highest BCUT2D eigenvalue weighted by atomic mass is 32.1. The molecule has 174 valence electrons. The second-order valence-corrected chi connectivity index (χ2v) is 7.25. The van der Waals surface area contributed by atoms with Gasteiger partial charge < -0.3 is 36.6 Å². The molecule has 1 fully saturated rings. The monoisotopic (exact) mass is 462 g/mol. The quantitative estimate of drug-likeness (QED) is 0.135. The molecule has 1 rings (SSSR count). The maximum Gasteiger partial charge on any atom is 0.326 e. The molecule has 4 atom stereocenters. The normalized spacial score (nSPS) is 18.3. The number of carbonyl (C=O) groups excluding carboxylic acids is 3. The number of amides is 3. The van der Waals surface area contributed by atoms with Crippen molar-refractivity contribution in [2.75, 3.05) is 12.3 Å². The van der Waals surface area contributed by atoms with Crippen molar-refractivity contribution in [3.05, 3.63) is 0 Å². The maximum absolute atomic E-state index is 12.6. The van der Waals surface area contributed by atoms with Crippen molar-refractivity contribution in [2.45, 2.75) is 56.3 Å². The van der Waals surface area contributed by atoms with E-state index in [0.717, 1.165) is 6.42 Å². The zero-order valence-electron chi connectivity index (χ0n) is 16.5. The zero-order valence-corrected chi connectivity index (χ0v) is 17.4. The van der Waals surface area contributed by atoms with Crippen LogP contribution in [-0.4, -0.2) is 87.4 Å². The molecule has 7 N–H and O–H groups in total. The second kappa shape index (κ2) is 12.7. The third-order valence-electron chi connectivity index (χ3n) is 4.47. The van der Waals surface area contributed by atoms with Gasteiger partial charge in [0, 0.05) is 12.2 Å². The Morgan fingerprint density at radius 1 is 0.903 bits per heavy atom. The minimum Gasteiger partial charge on any atom is -0.481 e. The first-order valence-electron chi connectivity index (χ1n) is 9.46. The van der Waals surface area contributed by atoms with Crippen molar-refractivity contribution < 1.29 is 44.1 Å². The summed E-state index contributed by atoms with van der Waals surface area (Å²) in [5, 5.41) is 36.4. The molecule has 0 aromatic heterocycles. The first-order valence-corrected chi connectivity index (χ1v) is 10.1. The van der Waals surface area contributed by atoms with E-state index in [1.165, 1.54) is 0 Å². The molecule has 4 unspecified atom stereocenters. The Hall–Kier alpha value is -2.87. The molecule has 0 radical (unpaired) electrons. The molecule has 14 heteroatoms. The van der Waals surface area contributed by atoms with Crippen LogP contribution in [0.15, 0.2) is 0 Å². The molecule has 13 nitrogen and oxygen atoms in total. The van der Waals surface area contributed by atoms with E-state index in [1.54, 1.807) is 0 Å². The van der Waals surface area contributed by atoms with Crippen LogP contribution in [-0.2, 0) is 28.8 Å². The second-order valence-electron chi connectivity index (χ2n) is 6.88. The summed E-state index contributed by atoms with van der Waals surface area (Å²) in [5.41, 5.74) is 0. The lowest BCUT2D eigenvalue weighted by Crippen LogP contribution is -2.57. The number of hydrogen-bond acceptors (Lipinski definition) is 8. The van der Waals surface area contributed by atoms with E-state index in [2.05, 4.69) is 28.6 Å². The van der Waals surface area contributed by atoms with E-state index in [0.29, 0.717) is 13.0 Å². The van der Waals surface area contributed by atoms with E-state index in [4.69, 9.17) is 15.3 Å². The fraction of sp³-hybridized carbons (Fsp3) is 0.647. The number of carboxylic acids is 3. The Labute approximate surface area is 182 Å². The van der Waals surface area contributed by atoms with Gasteiger partial charge in [-0.3, -0.25) is 24.0 Å². The molecule has 0 aromatic carbocycles. The fourth-order valence-corrected chi connectivity index (χ4v) is 3.09. The number of nitrogens with one attached hydrogen (secondary N) is 4. The number of hydrogen-bond donors (Lipinski definition) is 8. The average molecular weight is 462 g/mol. The molecule has 1 aliphatic heterocycles. The third kappa shape index (κ3) is 9.21. The van der Waals surface area contributed by atoms with E-state index >= 15 is 0 Å². The van der Waals surface area contributed by atoms with Gasteiger partial charge in [-0.15, -0.1) is 0 Å². The summed E-state index contributed by atoms with van der Waals surface area (Å²) in [7, 11) is 0. The molecule has 31 heavy (non-hydrogen) atoms. The van der Waals surface area contributed by atoms with Crippen LogP contribution in [0.1, 0.15) is 32.1 Å². The van der Waals surface area contributed by atoms with Gasteiger partial charge in [0.2, 0.25) is 17.7 Å². The molecule has 1 heterocycles. The molecule has 0 aromatic rings. The molecule has 1 saturated heterocycles. The van der Waals surface area contributed by atoms with Crippen LogP contribution in [0, 0.1) is 0 Å². The van der Waals surface area contributed by atoms with Gasteiger partial charge in [-0.25, -0.2) is 4.79 Å². The summed E-state index contributed by atoms with van der Waals surface area (Å²) >= 11 is 3.94. The Kier molecular flexibility index (Phi) is 10.8. The van der Waals surface area contributed by atoms with E-state index < -0.39 is 72.6 Å². The lowest BCUT2D eigenvalue weighted by Gasteiger charge is -2.24. The summed E-state index contributed by atoms with van der Waals surface area (Å²) in [5.74, 6) is -6.80. The highest BCUT2D eigenvalue weighted by Crippen LogP contribution is 2.07. The number of carbonyl (C=O) groups is 6. The van der Waals surface area contributed by atoms with E-state index in [9.17, 15) is 28.8 Å². The van der Waals surface area contributed by atoms with Gasteiger partial charge in [0.05, 0.1) is 12.5 Å². The van der Waals surface area contributed by atoms with Gasteiger partial charge >= 0.3 is 17.9 Å². The maximum atomic E-state index is 12.6. The van der Waals surface area contributed by atoms with Crippen LogP contribution in [0.4, 0.5) is 0 Å². The summed E-state index contributed by atoms with van der Waals surface area (Å²) < 4.78 is 0. The minimum absolute atomic E-state index is 0.239. The van der Waals surface area contributed by atoms with Crippen molar-refractivity contribution in [1.82, 2.24) is 21.3 Å². The van der Waals surface area contributed by atoms with Crippen molar-refractivity contribution in [3.63, 3.8) is 0 Å². The smallest absolute Gasteiger partial charge is 0.326 e. The standard InChI is InChI=1S/C17H26N4O9S/c22-12(23)4-3-9(19-14(26)8-2-1-5-18-8)15(27)21-11(7-31)16(28)20-10(17(29)30)6-13(24)25/h8-11,18,31H,1-7H2,(H,19,26)(H,20,28)(H,21,27)(H,22,23)(H,24,25)(H,29,30). The summed E-state index contributed by atoms with van der Waals surface area (Å²) in [6, 6.07) is -4.84. The molecule has 0 bridgehead atoms. The van der Waals surface area contributed by atoms with Crippen LogP contribution in [0.25, 0.3) is 0 Å². The predicted molar refractivity (Wildman–Crippen MR) is 107 cm³/mol. The van der Waals surface area contributed by atoms with Crippen LogP contribution in [0.2, 0.25) is 0 Å². The van der Waals surface area contributed by atoms with Gasteiger partial charge in [-0.05, 0) is 25.8 Å². The van der Waals surface area contributed by atoms with Crippen LogP contribution < -0.4 is 21.3 Å². The Bertz CT molecular complexity index is 712. The fourth-order valence-electron chi connectivity index (χ4n) is 2.83. The van der Waals surface area contributed by atoms with E-state index in [1.807, 2.05) is 5.32 Å². The van der Waals surface area contributed by atoms with Crippen LogP contribution in [0.3, 0.4) is 0 Å². The molecule has 3 amide bonds.